The van der Waals surface area contributed by atoms with Crippen LogP contribution in [0.1, 0.15) is 12.8 Å². The molecule has 3 rings (SSSR count). The lowest BCUT2D eigenvalue weighted by atomic mass is 10.0. The van der Waals surface area contributed by atoms with Crippen molar-refractivity contribution in [1.82, 2.24) is 30.9 Å². The van der Waals surface area contributed by atoms with E-state index < -0.39 is 0 Å². The highest BCUT2D eigenvalue weighted by atomic mass is 16.5. The summed E-state index contributed by atoms with van der Waals surface area (Å²) in [6.45, 7) is 4.04. The first-order chi connectivity index (χ1) is 8.25. The molecule has 2 aromatic heterocycles. The molecular formula is C9H12N6O2. The third-order valence-corrected chi connectivity index (χ3v) is 2.65. The Bertz CT molecular complexity index is 489. The second-order valence-corrected chi connectivity index (χ2v) is 4.21. The quantitative estimate of drug-likeness (QED) is 0.753. The predicted molar refractivity (Wildman–Crippen MR) is 55.7 cm³/mol. The van der Waals surface area contributed by atoms with Gasteiger partial charge >= 0.3 is 0 Å². The summed E-state index contributed by atoms with van der Waals surface area (Å²) in [6, 6.07) is 0. The molecule has 0 unspecified atom stereocenters. The normalized spacial score (nSPS) is 17.9. The number of aromatic amines is 1. The Balaban J connectivity index is 1.65. The van der Waals surface area contributed by atoms with Gasteiger partial charge in [-0.1, -0.05) is 5.16 Å². The molecule has 1 aliphatic rings. The van der Waals surface area contributed by atoms with Gasteiger partial charge in [0.25, 0.3) is 5.89 Å². The van der Waals surface area contributed by atoms with E-state index in [1.54, 1.807) is 0 Å². The predicted octanol–water partition coefficient (Wildman–Crippen LogP) is -0.267. The molecule has 17 heavy (non-hydrogen) atoms. The third kappa shape index (κ3) is 2.04. The van der Waals surface area contributed by atoms with Crippen molar-refractivity contribution in [3.05, 3.63) is 12.1 Å². The lowest BCUT2D eigenvalue weighted by Gasteiger charge is -2.38. The van der Waals surface area contributed by atoms with Crippen LogP contribution < -0.4 is 5.32 Å². The van der Waals surface area contributed by atoms with Crippen molar-refractivity contribution in [2.24, 2.45) is 0 Å². The molecule has 8 nitrogen and oxygen atoms in total. The number of hydrogen-bond donors (Lipinski definition) is 2. The van der Waals surface area contributed by atoms with E-state index in [1.807, 2.05) is 6.92 Å². The summed E-state index contributed by atoms with van der Waals surface area (Å²) in [4.78, 5) is 4.17. The first kappa shape index (κ1) is 10.4. The van der Waals surface area contributed by atoms with E-state index in [0.29, 0.717) is 24.0 Å². The summed E-state index contributed by atoms with van der Waals surface area (Å²) in [7, 11) is 0. The molecule has 3 heterocycles. The van der Waals surface area contributed by atoms with Crippen molar-refractivity contribution >= 4 is 0 Å². The summed E-state index contributed by atoms with van der Waals surface area (Å²) in [5.41, 5.74) is 0.430. The smallest absolute Gasteiger partial charge is 0.253 e. The van der Waals surface area contributed by atoms with Crippen molar-refractivity contribution in [3.63, 3.8) is 0 Å². The summed E-state index contributed by atoms with van der Waals surface area (Å²) >= 11 is 0. The summed E-state index contributed by atoms with van der Waals surface area (Å²) in [5, 5.41) is 17.0. The number of nitrogens with one attached hydrogen (secondary N) is 2. The fraction of sp³-hybridized carbons (Fsp3) is 0.556. The van der Waals surface area contributed by atoms with Gasteiger partial charge in [-0.3, -0.25) is 0 Å². The van der Waals surface area contributed by atoms with Crippen molar-refractivity contribution < 1.29 is 9.26 Å². The molecule has 0 amide bonds. The lowest BCUT2D eigenvalue weighted by molar-refractivity contribution is -0.0841. The molecular weight excluding hydrogens is 224 g/mol. The third-order valence-electron chi connectivity index (χ3n) is 2.65. The second kappa shape index (κ2) is 3.90. The van der Waals surface area contributed by atoms with Gasteiger partial charge in [-0.05, 0) is 6.92 Å². The number of rotatable bonds is 4. The molecule has 1 aliphatic heterocycles. The van der Waals surface area contributed by atoms with Crippen molar-refractivity contribution in [2.45, 2.75) is 19.1 Å². The topological polar surface area (TPSA) is 102 Å². The van der Waals surface area contributed by atoms with Gasteiger partial charge in [0.15, 0.2) is 5.69 Å². The Hall–Kier alpha value is -1.80. The van der Waals surface area contributed by atoms with Gasteiger partial charge < -0.3 is 14.6 Å². The number of H-pyrrole nitrogens is 1. The molecule has 1 fully saturated rings. The van der Waals surface area contributed by atoms with Gasteiger partial charge in [-0.25, -0.2) is 0 Å². The minimum Gasteiger partial charge on any atom is -0.363 e. The fourth-order valence-electron chi connectivity index (χ4n) is 1.54. The maximum Gasteiger partial charge on any atom is 0.253 e. The number of aromatic nitrogens is 5. The van der Waals surface area contributed by atoms with E-state index in [4.69, 9.17) is 9.26 Å². The van der Waals surface area contributed by atoms with Crippen molar-refractivity contribution in [3.8, 4) is 11.5 Å². The van der Waals surface area contributed by atoms with Gasteiger partial charge in [0.2, 0.25) is 5.82 Å². The monoisotopic (exact) mass is 236 g/mol. The first-order valence-electron chi connectivity index (χ1n) is 5.29. The van der Waals surface area contributed by atoms with Crippen LogP contribution in [0.15, 0.2) is 10.7 Å². The Morgan fingerprint density at radius 2 is 2.41 bits per heavy atom. The van der Waals surface area contributed by atoms with Gasteiger partial charge in [0, 0.05) is 13.1 Å². The number of ether oxygens (including phenoxy) is 1. The molecule has 0 atom stereocenters. The minimum absolute atomic E-state index is 0.122. The molecule has 0 saturated carbocycles. The van der Waals surface area contributed by atoms with Gasteiger partial charge in [0.1, 0.15) is 6.61 Å². The molecule has 2 N–H and O–H groups in total. The van der Waals surface area contributed by atoms with Crippen molar-refractivity contribution in [2.75, 3.05) is 13.1 Å². The molecule has 0 aromatic carbocycles. The Morgan fingerprint density at radius 3 is 3.06 bits per heavy atom. The number of hydrogen-bond acceptors (Lipinski definition) is 7. The highest BCUT2D eigenvalue weighted by molar-refractivity contribution is 5.44. The molecule has 1 saturated heterocycles. The average Bonchev–Trinajstić information content (AvgIpc) is 2.93. The number of nitrogens with zero attached hydrogens (tertiary/aromatic N) is 4. The molecule has 0 bridgehead atoms. The maximum atomic E-state index is 5.68. The van der Waals surface area contributed by atoms with E-state index in [2.05, 4.69) is 30.9 Å². The van der Waals surface area contributed by atoms with Crippen LogP contribution in [0.2, 0.25) is 0 Å². The van der Waals surface area contributed by atoms with Crippen LogP contribution in [0.4, 0.5) is 0 Å². The Kier molecular flexibility index (Phi) is 2.37. The molecule has 0 spiro atoms. The Morgan fingerprint density at radius 1 is 1.53 bits per heavy atom. The molecule has 90 valence electrons. The van der Waals surface area contributed by atoms with Gasteiger partial charge in [-0.15, -0.1) is 0 Å². The standard InChI is InChI=1S/C9H12N6O2/c1-9(4-10-5-9)16-3-7-12-8(14-17-7)6-2-11-15-13-6/h2,10H,3-5H2,1H3,(H,11,13,15). The molecule has 2 aromatic rings. The van der Waals surface area contributed by atoms with Crippen LogP contribution in [0, 0.1) is 0 Å². The van der Waals surface area contributed by atoms with Crippen LogP contribution in [-0.2, 0) is 11.3 Å². The van der Waals surface area contributed by atoms with E-state index in [0.717, 1.165) is 13.1 Å². The molecule has 0 aliphatic carbocycles. The largest absolute Gasteiger partial charge is 0.363 e. The minimum atomic E-state index is -0.122. The second-order valence-electron chi connectivity index (χ2n) is 4.21. The van der Waals surface area contributed by atoms with E-state index in [1.165, 1.54) is 6.20 Å². The van der Waals surface area contributed by atoms with Crippen molar-refractivity contribution in [1.29, 1.82) is 0 Å². The SMILES string of the molecule is CC1(OCc2nc(-c3cn[nH]n3)no2)CNC1. The lowest BCUT2D eigenvalue weighted by Crippen LogP contribution is -2.58. The molecule has 8 heteroatoms. The summed E-state index contributed by atoms with van der Waals surface area (Å²) < 4.78 is 10.7. The zero-order valence-electron chi connectivity index (χ0n) is 9.30. The zero-order chi connectivity index (χ0) is 11.7. The maximum absolute atomic E-state index is 5.68. The Labute approximate surface area is 96.7 Å². The highest BCUT2D eigenvalue weighted by Crippen LogP contribution is 2.18. The highest BCUT2D eigenvalue weighted by Gasteiger charge is 2.33. The molecule has 0 radical (unpaired) electrons. The zero-order valence-corrected chi connectivity index (χ0v) is 9.30. The summed E-state index contributed by atoms with van der Waals surface area (Å²) in [5.74, 6) is 0.852. The van der Waals surface area contributed by atoms with Crippen LogP contribution in [-0.4, -0.2) is 44.2 Å². The average molecular weight is 236 g/mol. The fourth-order valence-corrected chi connectivity index (χ4v) is 1.54. The first-order valence-corrected chi connectivity index (χ1v) is 5.29. The van der Waals surface area contributed by atoms with Crippen LogP contribution in [0.5, 0.6) is 0 Å². The van der Waals surface area contributed by atoms with E-state index >= 15 is 0 Å². The van der Waals surface area contributed by atoms with Crippen LogP contribution >= 0.6 is 0 Å². The van der Waals surface area contributed by atoms with Gasteiger partial charge in [-0.2, -0.15) is 20.4 Å². The summed E-state index contributed by atoms with van der Waals surface area (Å²) in [6.07, 6.45) is 1.53. The van der Waals surface area contributed by atoms with Crippen LogP contribution in [0.25, 0.3) is 11.5 Å². The van der Waals surface area contributed by atoms with E-state index in [9.17, 15) is 0 Å². The van der Waals surface area contributed by atoms with Crippen LogP contribution in [0.3, 0.4) is 0 Å². The van der Waals surface area contributed by atoms with E-state index in [-0.39, 0.29) is 5.60 Å². The van der Waals surface area contributed by atoms with Gasteiger partial charge in [0.05, 0.1) is 11.8 Å².